The van der Waals surface area contributed by atoms with Crippen molar-refractivity contribution in [1.82, 2.24) is 5.16 Å². The van der Waals surface area contributed by atoms with Gasteiger partial charge in [0, 0.05) is 11.6 Å². The second-order valence-electron chi connectivity index (χ2n) is 4.70. The fraction of sp³-hybridized carbons (Fsp3) is 0.357. The molecule has 7 heteroatoms. The first-order valence-electron chi connectivity index (χ1n) is 6.42. The Balaban J connectivity index is 2.43. The van der Waals surface area contributed by atoms with E-state index in [0.717, 1.165) is 18.6 Å². The van der Waals surface area contributed by atoms with E-state index in [1.807, 2.05) is 6.92 Å². The molecule has 1 atom stereocenters. The third kappa shape index (κ3) is 3.41. The zero-order chi connectivity index (χ0) is 15.6. The highest BCUT2D eigenvalue weighted by Gasteiger charge is 2.35. The molecule has 1 unspecified atom stereocenters. The van der Waals surface area contributed by atoms with Gasteiger partial charge in [0.2, 0.25) is 0 Å². The van der Waals surface area contributed by atoms with Crippen molar-refractivity contribution >= 4 is 0 Å². The van der Waals surface area contributed by atoms with Crippen molar-refractivity contribution < 1.29 is 22.1 Å². The van der Waals surface area contributed by atoms with Crippen LogP contribution in [0, 0.1) is 5.82 Å². The summed E-state index contributed by atoms with van der Waals surface area (Å²) < 4.78 is 56.9. The molecule has 2 aromatic rings. The highest BCUT2D eigenvalue weighted by atomic mass is 19.4. The highest BCUT2D eigenvalue weighted by Crippen LogP contribution is 2.37. The maximum Gasteiger partial charge on any atom is 0.417 e. The SMILES string of the molecule is CCCC(N)c1cc(-c2ccc(F)cc2C(F)(F)F)no1. The first-order chi connectivity index (χ1) is 9.82. The van der Waals surface area contributed by atoms with Crippen LogP contribution >= 0.6 is 0 Å². The minimum Gasteiger partial charge on any atom is -0.359 e. The Morgan fingerprint density at radius 1 is 1.29 bits per heavy atom. The minimum absolute atomic E-state index is 0.0103. The predicted octanol–water partition coefficient (Wildman–Crippen LogP) is 4.30. The summed E-state index contributed by atoms with van der Waals surface area (Å²) in [5, 5.41) is 3.62. The van der Waals surface area contributed by atoms with Crippen LogP contribution in [0.2, 0.25) is 0 Å². The summed E-state index contributed by atoms with van der Waals surface area (Å²) in [6, 6.07) is 3.36. The number of rotatable bonds is 4. The molecule has 0 bridgehead atoms. The van der Waals surface area contributed by atoms with Crippen molar-refractivity contribution in [3.63, 3.8) is 0 Å². The Morgan fingerprint density at radius 3 is 2.62 bits per heavy atom. The molecule has 0 spiro atoms. The summed E-state index contributed by atoms with van der Waals surface area (Å²) in [5.74, 6) is -0.651. The lowest BCUT2D eigenvalue weighted by Crippen LogP contribution is -2.08. The Hall–Kier alpha value is -1.89. The number of benzene rings is 1. The van der Waals surface area contributed by atoms with Crippen LogP contribution in [0.4, 0.5) is 17.6 Å². The maximum absolute atomic E-state index is 13.1. The molecule has 0 saturated carbocycles. The number of halogens is 4. The van der Waals surface area contributed by atoms with Crippen molar-refractivity contribution in [1.29, 1.82) is 0 Å². The monoisotopic (exact) mass is 302 g/mol. The Labute approximate surface area is 118 Å². The standard InChI is InChI=1S/C14H14F4N2O/c1-2-3-11(19)13-7-12(20-21-13)9-5-4-8(15)6-10(9)14(16,17)18/h4-7,11H,2-3,19H2,1H3. The molecule has 114 valence electrons. The number of hydrogen-bond acceptors (Lipinski definition) is 3. The lowest BCUT2D eigenvalue weighted by Gasteiger charge is -2.10. The molecule has 3 nitrogen and oxygen atoms in total. The predicted molar refractivity (Wildman–Crippen MR) is 68.7 cm³/mol. The number of nitrogens with two attached hydrogens (primary N) is 1. The van der Waals surface area contributed by atoms with Crippen molar-refractivity contribution in [3.8, 4) is 11.3 Å². The van der Waals surface area contributed by atoms with Crippen LogP contribution < -0.4 is 5.73 Å². The van der Waals surface area contributed by atoms with E-state index >= 15 is 0 Å². The Kier molecular flexibility index (Phi) is 4.32. The summed E-state index contributed by atoms with van der Waals surface area (Å²) in [6.07, 6.45) is -3.24. The van der Waals surface area contributed by atoms with Crippen molar-refractivity contribution in [2.45, 2.75) is 32.0 Å². The molecular weight excluding hydrogens is 288 g/mol. The van der Waals surface area contributed by atoms with E-state index in [-0.39, 0.29) is 11.3 Å². The van der Waals surface area contributed by atoms with Crippen LogP contribution in [0.1, 0.15) is 37.1 Å². The van der Waals surface area contributed by atoms with Gasteiger partial charge in [-0.25, -0.2) is 4.39 Å². The molecule has 0 saturated heterocycles. The van der Waals surface area contributed by atoms with Gasteiger partial charge in [0.05, 0.1) is 11.6 Å². The fourth-order valence-electron chi connectivity index (χ4n) is 2.02. The van der Waals surface area contributed by atoms with Gasteiger partial charge in [-0.15, -0.1) is 0 Å². The second kappa shape index (κ2) is 5.85. The van der Waals surface area contributed by atoms with E-state index in [9.17, 15) is 17.6 Å². The van der Waals surface area contributed by atoms with E-state index < -0.39 is 23.6 Å². The molecule has 0 aliphatic carbocycles. The molecule has 0 aliphatic rings. The van der Waals surface area contributed by atoms with E-state index in [1.165, 1.54) is 6.07 Å². The average molecular weight is 302 g/mol. The first-order valence-corrected chi connectivity index (χ1v) is 6.42. The normalized spacial score (nSPS) is 13.4. The lowest BCUT2D eigenvalue weighted by atomic mass is 10.0. The second-order valence-corrected chi connectivity index (χ2v) is 4.70. The average Bonchev–Trinajstić information content (AvgIpc) is 2.87. The van der Waals surface area contributed by atoms with Crippen LogP contribution in [0.25, 0.3) is 11.3 Å². The highest BCUT2D eigenvalue weighted by molar-refractivity contribution is 5.64. The van der Waals surface area contributed by atoms with Crippen LogP contribution in [-0.2, 0) is 6.18 Å². The summed E-state index contributed by atoms with van der Waals surface area (Å²) in [6.45, 7) is 1.93. The smallest absolute Gasteiger partial charge is 0.359 e. The van der Waals surface area contributed by atoms with E-state index in [0.29, 0.717) is 18.2 Å². The summed E-state index contributed by atoms with van der Waals surface area (Å²) in [7, 11) is 0. The number of nitrogens with zero attached hydrogens (tertiary/aromatic N) is 1. The molecule has 0 radical (unpaired) electrons. The van der Waals surface area contributed by atoms with Crippen LogP contribution in [-0.4, -0.2) is 5.16 Å². The van der Waals surface area contributed by atoms with E-state index in [1.54, 1.807) is 0 Å². The maximum atomic E-state index is 13.1. The van der Waals surface area contributed by atoms with E-state index in [2.05, 4.69) is 5.16 Å². The summed E-state index contributed by atoms with van der Waals surface area (Å²) >= 11 is 0. The third-order valence-corrected chi connectivity index (χ3v) is 3.06. The van der Waals surface area contributed by atoms with E-state index in [4.69, 9.17) is 10.3 Å². The molecule has 0 aliphatic heterocycles. The van der Waals surface area contributed by atoms with Gasteiger partial charge >= 0.3 is 6.18 Å². The summed E-state index contributed by atoms with van der Waals surface area (Å²) in [5.41, 5.74) is 4.49. The molecule has 2 rings (SSSR count). The van der Waals surface area contributed by atoms with Crippen LogP contribution in [0.15, 0.2) is 28.8 Å². The number of aromatic nitrogens is 1. The largest absolute Gasteiger partial charge is 0.417 e. The van der Waals surface area contributed by atoms with Crippen molar-refractivity contribution in [3.05, 3.63) is 41.4 Å². The summed E-state index contributed by atoms with van der Waals surface area (Å²) in [4.78, 5) is 0. The topological polar surface area (TPSA) is 52.0 Å². The quantitative estimate of drug-likeness (QED) is 0.857. The van der Waals surface area contributed by atoms with Crippen LogP contribution in [0.3, 0.4) is 0 Å². The van der Waals surface area contributed by atoms with Gasteiger partial charge in [-0.2, -0.15) is 13.2 Å². The zero-order valence-corrected chi connectivity index (χ0v) is 11.2. The van der Waals surface area contributed by atoms with Gasteiger partial charge in [0.1, 0.15) is 11.5 Å². The Bertz CT molecular complexity index is 622. The molecule has 0 amide bonds. The molecule has 21 heavy (non-hydrogen) atoms. The zero-order valence-electron chi connectivity index (χ0n) is 11.2. The molecule has 1 heterocycles. The van der Waals surface area contributed by atoms with Crippen LogP contribution in [0.5, 0.6) is 0 Å². The van der Waals surface area contributed by atoms with Crippen molar-refractivity contribution in [2.75, 3.05) is 0 Å². The third-order valence-electron chi connectivity index (χ3n) is 3.06. The van der Waals surface area contributed by atoms with Gasteiger partial charge in [0.25, 0.3) is 0 Å². The molecular formula is C14H14F4N2O. The van der Waals surface area contributed by atoms with Crippen molar-refractivity contribution in [2.24, 2.45) is 5.73 Å². The minimum atomic E-state index is -4.68. The van der Waals surface area contributed by atoms with Gasteiger partial charge < -0.3 is 10.3 Å². The van der Waals surface area contributed by atoms with Gasteiger partial charge in [0.15, 0.2) is 5.76 Å². The molecule has 0 fully saturated rings. The molecule has 2 N–H and O–H groups in total. The van der Waals surface area contributed by atoms with Gasteiger partial charge in [-0.3, -0.25) is 0 Å². The number of alkyl halides is 3. The Morgan fingerprint density at radius 2 is 2.00 bits per heavy atom. The van der Waals surface area contributed by atoms with Gasteiger partial charge in [-0.1, -0.05) is 18.5 Å². The lowest BCUT2D eigenvalue weighted by molar-refractivity contribution is -0.137. The fourth-order valence-corrected chi connectivity index (χ4v) is 2.02. The number of hydrogen-bond donors (Lipinski definition) is 1. The first kappa shape index (κ1) is 15.5. The molecule has 1 aromatic heterocycles. The molecule has 1 aromatic carbocycles. The van der Waals surface area contributed by atoms with Gasteiger partial charge in [-0.05, 0) is 24.6 Å².